The summed E-state index contributed by atoms with van der Waals surface area (Å²) < 4.78 is 0. The van der Waals surface area contributed by atoms with Gasteiger partial charge >= 0.3 is 5.97 Å². The molecule has 0 atom stereocenters. The van der Waals surface area contributed by atoms with Gasteiger partial charge in [-0.15, -0.1) is 10.2 Å². The minimum Gasteiger partial charge on any atom is -0.481 e. The number of rotatable bonds is 4. The Hall–Kier alpha value is -2.24. The molecule has 6 nitrogen and oxygen atoms in total. The number of carbonyl (C=O) groups is 1. The highest BCUT2D eigenvalue weighted by Gasteiger charge is 2.04. The van der Waals surface area contributed by atoms with Crippen molar-refractivity contribution in [1.82, 2.24) is 20.6 Å². The van der Waals surface area contributed by atoms with E-state index in [9.17, 15) is 4.79 Å². The molecule has 2 N–H and O–H groups in total. The normalized spacial score (nSPS) is 10.2. The van der Waals surface area contributed by atoms with Crippen molar-refractivity contribution in [1.29, 1.82) is 0 Å². The zero-order valence-electron chi connectivity index (χ0n) is 8.42. The van der Waals surface area contributed by atoms with Gasteiger partial charge in [-0.25, -0.2) is 0 Å². The number of hydrogen-bond acceptors (Lipinski definition) is 4. The van der Waals surface area contributed by atoms with Gasteiger partial charge in [0.1, 0.15) is 0 Å². The average molecular weight is 218 g/mol. The molecule has 0 spiro atoms. The summed E-state index contributed by atoms with van der Waals surface area (Å²) in [6.45, 7) is 0. The van der Waals surface area contributed by atoms with E-state index in [0.717, 1.165) is 11.1 Å². The van der Waals surface area contributed by atoms with Crippen LogP contribution in [-0.2, 0) is 11.2 Å². The first-order valence-corrected chi connectivity index (χ1v) is 4.80. The van der Waals surface area contributed by atoms with E-state index in [1.807, 2.05) is 24.3 Å². The van der Waals surface area contributed by atoms with Crippen molar-refractivity contribution in [2.45, 2.75) is 12.8 Å². The number of carboxylic acids is 1. The molecule has 0 aliphatic heterocycles. The second-order valence-electron chi connectivity index (χ2n) is 3.33. The number of aromatic nitrogens is 4. The molecule has 0 saturated carbocycles. The Morgan fingerprint density at radius 3 is 3.00 bits per heavy atom. The van der Waals surface area contributed by atoms with E-state index in [-0.39, 0.29) is 6.42 Å². The number of nitrogens with one attached hydrogen (secondary N) is 1. The molecular formula is C10H10N4O2. The summed E-state index contributed by atoms with van der Waals surface area (Å²) in [6.07, 6.45) is 0.622. The van der Waals surface area contributed by atoms with Crippen molar-refractivity contribution >= 4 is 5.97 Å². The monoisotopic (exact) mass is 218 g/mol. The molecule has 0 radical (unpaired) electrons. The van der Waals surface area contributed by atoms with E-state index < -0.39 is 5.97 Å². The van der Waals surface area contributed by atoms with Gasteiger partial charge in [-0.1, -0.05) is 18.2 Å². The van der Waals surface area contributed by atoms with Gasteiger partial charge in [-0.2, -0.15) is 5.21 Å². The summed E-state index contributed by atoms with van der Waals surface area (Å²) in [4.78, 5) is 10.4. The standard InChI is InChI=1S/C10H10N4O2/c15-9(16)5-4-7-2-1-3-8(6-7)10-11-13-14-12-10/h1-3,6H,4-5H2,(H,15,16)(H,11,12,13,14). The first-order valence-electron chi connectivity index (χ1n) is 4.80. The van der Waals surface area contributed by atoms with Crippen LogP contribution < -0.4 is 0 Å². The van der Waals surface area contributed by atoms with Crippen LogP contribution in [0.2, 0.25) is 0 Å². The third-order valence-corrected chi connectivity index (χ3v) is 2.16. The fourth-order valence-electron chi connectivity index (χ4n) is 1.40. The number of aromatic amines is 1. The van der Waals surface area contributed by atoms with Crippen LogP contribution in [0.3, 0.4) is 0 Å². The van der Waals surface area contributed by atoms with E-state index in [1.165, 1.54) is 0 Å². The fourth-order valence-corrected chi connectivity index (χ4v) is 1.40. The van der Waals surface area contributed by atoms with Crippen molar-refractivity contribution in [2.75, 3.05) is 0 Å². The molecule has 0 bridgehead atoms. The second kappa shape index (κ2) is 4.52. The Balaban J connectivity index is 2.17. The molecule has 82 valence electrons. The quantitative estimate of drug-likeness (QED) is 0.794. The molecule has 16 heavy (non-hydrogen) atoms. The first kappa shape index (κ1) is 10.3. The van der Waals surface area contributed by atoms with Crippen molar-refractivity contribution in [3.63, 3.8) is 0 Å². The van der Waals surface area contributed by atoms with Crippen LogP contribution in [0.4, 0.5) is 0 Å². The van der Waals surface area contributed by atoms with Crippen LogP contribution in [0.1, 0.15) is 12.0 Å². The Labute approximate surface area is 91.3 Å². The lowest BCUT2D eigenvalue weighted by molar-refractivity contribution is -0.136. The molecule has 2 aromatic rings. The topological polar surface area (TPSA) is 91.8 Å². The minimum atomic E-state index is -0.801. The van der Waals surface area contributed by atoms with E-state index in [1.54, 1.807) is 0 Å². The Morgan fingerprint density at radius 1 is 1.44 bits per heavy atom. The number of aryl methyl sites for hydroxylation is 1. The maximum atomic E-state index is 10.4. The highest BCUT2D eigenvalue weighted by atomic mass is 16.4. The molecule has 0 aliphatic carbocycles. The van der Waals surface area contributed by atoms with Crippen LogP contribution in [0.15, 0.2) is 24.3 Å². The molecule has 1 aromatic carbocycles. The van der Waals surface area contributed by atoms with Gasteiger partial charge in [-0.3, -0.25) is 4.79 Å². The number of aliphatic carboxylic acids is 1. The lowest BCUT2D eigenvalue weighted by atomic mass is 10.1. The molecule has 0 saturated heterocycles. The zero-order valence-corrected chi connectivity index (χ0v) is 8.42. The summed E-state index contributed by atoms with van der Waals surface area (Å²) in [6, 6.07) is 7.46. The summed E-state index contributed by atoms with van der Waals surface area (Å²) in [7, 11) is 0. The Morgan fingerprint density at radius 2 is 2.31 bits per heavy atom. The Kier molecular flexibility index (Phi) is 2.90. The number of tetrazole rings is 1. The molecule has 0 fully saturated rings. The lowest BCUT2D eigenvalue weighted by Gasteiger charge is -2.00. The first-order chi connectivity index (χ1) is 7.75. The van der Waals surface area contributed by atoms with Gasteiger partial charge < -0.3 is 5.11 Å². The van der Waals surface area contributed by atoms with Gasteiger partial charge in [0.15, 0.2) is 0 Å². The van der Waals surface area contributed by atoms with Gasteiger partial charge in [-0.05, 0) is 23.3 Å². The van der Waals surface area contributed by atoms with Crippen LogP contribution in [0, 0.1) is 0 Å². The molecular weight excluding hydrogens is 208 g/mol. The molecule has 0 aliphatic rings. The van der Waals surface area contributed by atoms with Crippen molar-refractivity contribution in [3.8, 4) is 11.4 Å². The lowest BCUT2D eigenvalue weighted by Crippen LogP contribution is -1.97. The summed E-state index contributed by atoms with van der Waals surface area (Å²) in [5, 5.41) is 22.2. The molecule has 0 amide bonds. The van der Waals surface area contributed by atoms with Crippen LogP contribution >= 0.6 is 0 Å². The van der Waals surface area contributed by atoms with E-state index in [2.05, 4.69) is 20.6 Å². The third-order valence-electron chi connectivity index (χ3n) is 2.16. The SMILES string of the molecule is O=C(O)CCc1cccc(-c2nn[nH]n2)c1. The predicted octanol–water partition coefficient (Wildman–Crippen LogP) is 0.884. The zero-order chi connectivity index (χ0) is 11.4. The summed E-state index contributed by atoms with van der Waals surface area (Å²) >= 11 is 0. The fraction of sp³-hybridized carbons (Fsp3) is 0.200. The van der Waals surface area contributed by atoms with E-state index in [0.29, 0.717) is 12.2 Å². The minimum absolute atomic E-state index is 0.121. The maximum absolute atomic E-state index is 10.4. The largest absolute Gasteiger partial charge is 0.481 e. The van der Waals surface area contributed by atoms with E-state index >= 15 is 0 Å². The van der Waals surface area contributed by atoms with Gasteiger partial charge in [0, 0.05) is 12.0 Å². The van der Waals surface area contributed by atoms with E-state index in [4.69, 9.17) is 5.11 Å². The molecule has 1 aromatic heterocycles. The van der Waals surface area contributed by atoms with Crippen molar-refractivity contribution in [3.05, 3.63) is 29.8 Å². The van der Waals surface area contributed by atoms with Crippen molar-refractivity contribution in [2.24, 2.45) is 0 Å². The second-order valence-corrected chi connectivity index (χ2v) is 3.33. The van der Waals surface area contributed by atoms with Gasteiger partial charge in [0.25, 0.3) is 0 Å². The van der Waals surface area contributed by atoms with Crippen LogP contribution in [0.25, 0.3) is 11.4 Å². The number of benzene rings is 1. The molecule has 2 rings (SSSR count). The number of hydrogen-bond donors (Lipinski definition) is 2. The van der Waals surface area contributed by atoms with Crippen LogP contribution in [-0.4, -0.2) is 31.7 Å². The van der Waals surface area contributed by atoms with Gasteiger partial charge in [0.2, 0.25) is 5.82 Å². The number of nitrogens with zero attached hydrogens (tertiary/aromatic N) is 3. The van der Waals surface area contributed by atoms with Crippen LogP contribution in [0.5, 0.6) is 0 Å². The average Bonchev–Trinajstić information content (AvgIpc) is 2.80. The molecule has 6 heteroatoms. The number of H-pyrrole nitrogens is 1. The highest BCUT2D eigenvalue weighted by molar-refractivity contribution is 5.67. The third kappa shape index (κ3) is 2.41. The van der Waals surface area contributed by atoms with Gasteiger partial charge in [0.05, 0.1) is 0 Å². The smallest absolute Gasteiger partial charge is 0.303 e. The molecule has 1 heterocycles. The Bertz CT molecular complexity index is 481. The summed E-state index contributed by atoms with van der Waals surface area (Å²) in [5.41, 5.74) is 1.78. The predicted molar refractivity (Wildman–Crippen MR) is 55.6 cm³/mol. The van der Waals surface area contributed by atoms with Crippen molar-refractivity contribution < 1.29 is 9.90 Å². The summed E-state index contributed by atoms with van der Waals surface area (Å²) in [5.74, 6) is -0.290. The maximum Gasteiger partial charge on any atom is 0.303 e. The highest BCUT2D eigenvalue weighted by Crippen LogP contribution is 2.15. The number of carboxylic acid groups (broad SMARTS) is 1. The molecule has 0 unspecified atom stereocenters.